The summed E-state index contributed by atoms with van der Waals surface area (Å²) < 4.78 is 11.2. The first-order chi connectivity index (χ1) is 13.5. The lowest BCUT2D eigenvalue weighted by Gasteiger charge is -2.17. The first kappa shape index (κ1) is 21.4. The molecule has 0 aromatic heterocycles. The molecule has 0 radical (unpaired) electrons. The van der Waals surface area contributed by atoms with Gasteiger partial charge in [0.05, 0.1) is 5.92 Å². The molecule has 3 rings (SSSR count). The van der Waals surface area contributed by atoms with Crippen LogP contribution in [0.25, 0.3) is 0 Å². The first-order valence-corrected chi connectivity index (χ1v) is 10.4. The largest absolute Gasteiger partial charge is 0.457 e. The highest BCUT2D eigenvalue weighted by molar-refractivity contribution is 5.83. The molecule has 0 spiro atoms. The van der Waals surface area contributed by atoms with E-state index >= 15 is 0 Å². The van der Waals surface area contributed by atoms with Crippen LogP contribution in [0.15, 0.2) is 43.0 Å². The Labute approximate surface area is 174 Å². The summed E-state index contributed by atoms with van der Waals surface area (Å²) in [6.45, 7) is 13.4. The minimum atomic E-state index is -0.528. The third-order valence-corrected chi connectivity index (χ3v) is 5.88. The van der Waals surface area contributed by atoms with Crippen molar-refractivity contribution in [1.29, 1.82) is 0 Å². The third kappa shape index (κ3) is 4.80. The summed E-state index contributed by atoms with van der Waals surface area (Å²) in [5.41, 5.74) is 2.87. The van der Waals surface area contributed by atoms with E-state index in [9.17, 15) is 9.59 Å². The maximum absolute atomic E-state index is 12.9. The molecule has 1 aromatic rings. The first-order valence-electron chi connectivity index (χ1n) is 10.4. The Bertz CT molecular complexity index is 841. The van der Waals surface area contributed by atoms with Crippen molar-refractivity contribution in [3.05, 3.63) is 59.7 Å². The van der Waals surface area contributed by atoms with Crippen molar-refractivity contribution in [3.8, 4) is 0 Å². The second-order valence-corrected chi connectivity index (χ2v) is 9.71. The molecule has 0 N–H and O–H groups in total. The number of carbonyl (C=O) groups excluding carboxylic acids is 2. The van der Waals surface area contributed by atoms with Crippen molar-refractivity contribution in [1.82, 2.24) is 0 Å². The molecule has 1 saturated carbocycles. The predicted octanol–water partition coefficient (Wildman–Crippen LogP) is 5.12. The van der Waals surface area contributed by atoms with Crippen LogP contribution in [0.4, 0.5) is 0 Å². The second kappa shape index (κ2) is 7.81. The van der Waals surface area contributed by atoms with Gasteiger partial charge in [-0.15, -0.1) is 6.58 Å². The van der Waals surface area contributed by atoms with Crippen LogP contribution in [0, 0.1) is 17.3 Å². The molecule has 1 unspecified atom stereocenters. The van der Waals surface area contributed by atoms with Crippen molar-refractivity contribution < 1.29 is 19.1 Å². The zero-order chi connectivity index (χ0) is 21.4. The van der Waals surface area contributed by atoms with Gasteiger partial charge in [0, 0.05) is 6.08 Å². The van der Waals surface area contributed by atoms with E-state index in [1.54, 1.807) is 6.08 Å². The Balaban J connectivity index is 1.62. The highest BCUT2D eigenvalue weighted by Gasteiger charge is 2.61. The number of hydrogen-bond acceptors (Lipinski definition) is 4. The fraction of sp³-hybridized carbons (Fsp3) is 0.520. The zero-order valence-corrected chi connectivity index (χ0v) is 18.2. The average Bonchev–Trinajstić information content (AvgIpc) is 2.94. The Morgan fingerprint density at radius 1 is 1.28 bits per heavy atom. The number of fused-ring (bicyclic) bond motifs is 1. The molecule has 4 nitrogen and oxygen atoms in total. The number of ether oxygens (including phenoxy) is 2. The normalized spacial score (nSPS) is 24.8. The number of rotatable bonds is 6. The number of benzene rings is 1. The summed E-state index contributed by atoms with van der Waals surface area (Å²) >= 11 is 0. The maximum atomic E-state index is 12.9. The van der Waals surface area contributed by atoms with Crippen molar-refractivity contribution >= 4 is 11.9 Å². The Kier molecular flexibility index (Phi) is 5.75. The van der Waals surface area contributed by atoms with Crippen LogP contribution in [0.5, 0.6) is 0 Å². The van der Waals surface area contributed by atoms with E-state index in [4.69, 9.17) is 9.47 Å². The lowest BCUT2D eigenvalue weighted by atomic mass is 10.0. The number of allylic oxidation sites excluding steroid dienone is 2. The van der Waals surface area contributed by atoms with Gasteiger partial charge in [0.25, 0.3) is 0 Å². The Morgan fingerprint density at radius 3 is 2.66 bits per heavy atom. The third-order valence-electron chi connectivity index (χ3n) is 5.88. The molecule has 2 aliphatic rings. The predicted molar refractivity (Wildman–Crippen MR) is 113 cm³/mol. The highest BCUT2D eigenvalue weighted by Crippen LogP contribution is 2.60. The molecule has 3 atom stereocenters. The van der Waals surface area contributed by atoms with Crippen molar-refractivity contribution in [3.63, 3.8) is 0 Å². The van der Waals surface area contributed by atoms with Crippen LogP contribution < -0.4 is 0 Å². The summed E-state index contributed by atoms with van der Waals surface area (Å²) in [5.74, 6) is -0.808. The molecule has 156 valence electrons. The lowest BCUT2D eigenvalue weighted by Crippen LogP contribution is -2.22. The van der Waals surface area contributed by atoms with Gasteiger partial charge in [0.1, 0.15) is 11.7 Å². The minimum Gasteiger partial charge on any atom is -0.457 e. The molecule has 4 heteroatoms. The quantitative estimate of drug-likeness (QED) is 0.381. The van der Waals surface area contributed by atoms with Gasteiger partial charge in [0.2, 0.25) is 0 Å². The van der Waals surface area contributed by atoms with Crippen LogP contribution >= 0.6 is 0 Å². The molecule has 0 heterocycles. The summed E-state index contributed by atoms with van der Waals surface area (Å²) in [5, 5.41) is 0. The van der Waals surface area contributed by atoms with Crippen LogP contribution in [0.2, 0.25) is 0 Å². The fourth-order valence-corrected chi connectivity index (χ4v) is 4.27. The van der Waals surface area contributed by atoms with Gasteiger partial charge < -0.3 is 9.47 Å². The van der Waals surface area contributed by atoms with E-state index in [0.717, 1.165) is 24.8 Å². The van der Waals surface area contributed by atoms with Gasteiger partial charge in [-0.1, -0.05) is 44.2 Å². The minimum absolute atomic E-state index is 0.0154. The Hall–Kier alpha value is -2.36. The van der Waals surface area contributed by atoms with Gasteiger partial charge in [-0.3, -0.25) is 4.79 Å². The SMILES string of the molecule is C=CCc1ccc2c(c1)CCC2OC(=O)[C@@H]1[C@H](C=CC(=O)OC(C)(C)C)C1(C)C. The summed E-state index contributed by atoms with van der Waals surface area (Å²) in [4.78, 5) is 24.8. The molecule has 1 fully saturated rings. The Morgan fingerprint density at radius 2 is 2.00 bits per heavy atom. The smallest absolute Gasteiger partial charge is 0.330 e. The van der Waals surface area contributed by atoms with Crippen LogP contribution in [-0.4, -0.2) is 17.5 Å². The van der Waals surface area contributed by atoms with E-state index in [0.29, 0.717) is 0 Å². The second-order valence-electron chi connectivity index (χ2n) is 9.71. The summed E-state index contributed by atoms with van der Waals surface area (Å²) in [7, 11) is 0. The zero-order valence-electron chi connectivity index (χ0n) is 18.2. The average molecular weight is 397 g/mol. The van der Waals surface area contributed by atoms with Crippen molar-refractivity contribution in [2.24, 2.45) is 17.3 Å². The molecule has 0 bridgehead atoms. The van der Waals surface area contributed by atoms with E-state index in [-0.39, 0.29) is 35.3 Å². The highest BCUT2D eigenvalue weighted by atomic mass is 16.6. The van der Waals surface area contributed by atoms with E-state index in [1.807, 2.05) is 40.7 Å². The summed E-state index contributed by atoms with van der Waals surface area (Å²) in [6, 6.07) is 6.36. The standard InChI is InChI=1S/C25H32O4/c1-7-8-16-9-11-18-17(15-16)10-13-20(18)28-23(27)22-19(25(22,5)6)12-14-21(26)29-24(2,3)4/h7,9,11-12,14-15,19-20,22H,1,8,10,13H2,2-6H3/t19-,20?,22-/m0/s1. The van der Waals surface area contributed by atoms with E-state index in [2.05, 4.69) is 24.8 Å². The number of carbonyl (C=O) groups is 2. The topological polar surface area (TPSA) is 52.6 Å². The van der Waals surface area contributed by atoms with E-state index in [1.165, 1.54) is 17.2 Å². The van der Waals surface area contributed by atoms with E-state index < -0.39 is 5.60 Å². The monoisotopic (exact) mass is 396 g/mol. The fourth-order valence-electron chi connectivity index (χ4n) is 4.27. The molecule has 0 amide bonds. The number of aryl methyl sites for hydroxylation is 1. The van der Waals surface area contributed by atoms with Crippen molar-refractivity contribution in [2.45, 2.75) is 65.6 Å². The van der Waals surface area contributed by atoms with Gasteiger partial charge in [0.15, 0.2) is 0 Å². The molecule has 0 aliphatic heterocycles. The number of esters is 2. The molecule has 2 aliphatic carbocycles. The molecule has 1 aromatic carbocycles. The van der Waals surface area contributed by atoms with Gasteiger partial charge in [-0.25, -0.2) is 4.79 Å². The molecular formula is C25H32O4. The maximum Gasteiger partial charge on any atom is 0.330 e. The molecule has 29 heavy (non-hydrogen) atoms. The van der Waals surface area contributed by atoms with Crippen LogP contribution in [0.1, 0.15) is 63.8 Å². The summed E-state index contributed by atoms with van der Waals surface area (Å²) in [6.07, 6.45) is 7.55. The van der Waals surface area contributed by atoms with Gasteiger partial charge in [-0.05, 0) is 68.1 Å². The van der Waals surface area contributed by atoms with Crippen LogP contribution in [-0.2, 0) is 31.9 Å². The van der Waals surface area contributed by atoms with Crippen LogP contribution in [0.3, 0.4) is 0 Å². The molecule has 0 saturated heterocycles. The lowest BCUT2D eigenvalue weighted by molar-refractivity contribution is -0.152. The van der Waals surface area contributed by atoms with Crippen molar-refractivity contribution in [2.75, 3.05) is 0 Å². The molecular weight excluding hydrogens is 364 g/mol. The number of hydrogen-bond donors (Lipinski definition) is 0. The van der Waals surface area contributed by atoms with Gasteiger partial charge >= 0.3 is 11.9 Å². The van der Waals surface area contributed by atoms with Gasteiger partial charge in [-0.2, -0.15) is 0 Å².